The summed E-state index contributed by atoms with van der Waals surface area (Å²) in [6, 6.07) is 17.3. The molecule has 2 aromatic carbocycles. The highest BCUT2D eigenvalue weighted by atomic mass is 79.9. The lowest BCUT2D eigenvalue weighted by Crippen LogP contribution is -2.26. The number of anilines is 2. The standard InChI is InChI=1S/C14H22BrN.C11H17N.C3H6Br2.6C2H6/c1-3-11-16(12-7-10-15)14-9-6-5-8-13(14)4-2;1-3-9-12-11-8-6-5-7-10(11)4-2;4-2-1-3-5;6*1-2/h5-6,8-9H,3-4,7,10-12H2,1-2H3;5-8,12H,3-4,9H2,1-2H3;1-3H2;6*1-2H3. The minimum atomic E-state index is 1.07. The minimum absolute atomic E-state index is 1.07. The fraction of sp³-hybridized carbons (Fsp3) is 0.700. The third-order valence-corrected chi connectivity index (χ3v) is 6.68. The van der Waals surface area contributed by atoms with Gasteiger partial charge in [0.15, 0.2) is 0 Å². The molecule has 0 fully saturated rings. The Hall–Kier alpha value is -0.520. The van der Waals surface area contributed by atoms with Crippen LogP contribution in [0.5, 0.6) is 0 Å². The van der Waals surface area contributed by atoms with Crippen molar-refractivity contribution < 1.29 is 0 Å². The Morgan fingerprint density at radius 3 is 1.31 bits per heavy atom. The summed E-state index contributed by atoms with van der Waals surface area (Å²) >= 11 is 10.1. The van der Waals surface area contributed by atoms with Gasteiger partial charge >= 0.3 is 0 Å². The number of para-hydroxylation sites is 2. The van der Waals surface area contributed by atoms with E-state index in [9.17, 15) is 0 Å². The third kappa shape index (κ3) is 41.5. The second kappa shape index (κ2) is 62.3. The fourth-order valence-corrected chi connectivity index (χ4v) is 4.87. The highest BCUT2D eigenvalue weighted by Crippen LogP contribution is 2.21. The lowest BCUT2D eigenvalue weighted by Gasteiger charge is -2.26. The van der Waals surface area contributed by atoms with Gasteiger partial charge in [-0.1, -0.05) is 195 Å². The zero-order chi connectivity index (χ0) is 36.7. The van der Waals surface area contributed by atoms with E-state index in [1.54, 1.807) is 0 Å². The molecule has 5 heteroatoms. The van der Waals surface area contributed by atoms with Crippen LogP contribution in [0.1, 0.15) is 148 Å². The molecule has 0 aliphatic rings. The van der Waals surface area contributed by atoms with E-state index in [0.29, 0.717) is 0 Å². The average Bonchev–Trinajstić information content (AvgIpc) is 3.15. The summed E-state index contributed by atoms with van der Waals surface area (Å²) in [6.45, 7) is 36.2. The van der Waals surface area contributed by atoms with E-state index in [2.05, 4.69) is 134 Å². The molecule has 45 heavy (non-hydrogen) atoms. The second-order valence-electron chi connectivity index (χ2n) is 7.68. The molecule has 0 spiro atoms. The average molecular weight is 830 g/mol. The van der Waals surface area contributed by atoms with E-state index in [-0.39, 0.29) is 0 Å². The van der Waals surface area contributed by atoms with Crippen LogP contribution in [0.3, 0.4) is 0 Å². The highest BCUT2D eigenvalue weighted by Gasteiger charge is 2.08. The van der Waals surface area contributed by atoms with Crippen LogP contribution < -0.4 is 10.2 Å². The lowest BCUT2D eigenvalue weighted by molar-refractivity contribution is 0.745. The van der Waals surface area contributed by atoms with Gasteiger partial charge in [-0.2, -0.15) is 0 Å². The first kappa shape index (κ1) is 59.9. The maximum Gasteiger partial charge on any atom is 0.0398 e. The number of nitrogens with zero attached hydrogens (tertiary/aromatic N) is 1. The van der Waals surface area contributed by atoms with Crippen molar-refractivity contribution in [2.75, 3.05) is 45.8 Å². The van der Waals surface area contributed by atoms with Gasteiger partial charge in [0.2, 0.25) is 0 Å². The van der Waals surface area contributed by atoms with E-state index in [1.807, 2.05) is 83.1 Å². The van der Waals surface area contributed by atoms with Crippen molar-refractivity contribution in [3.05, 3.63) is 59.7 Å². The Bertz CT molecular complexity index is 695. The predicted molar refractivity (Wildman–Crippen MR) is 232 cm³/mol. The third-order valence-electron chi connectivity index (χ3n) is 5.00. The van der Waals surface area contributed by atoms with E-state index < -0.39 is 0 Å². The minimum Gasteiger partial charge on any atom is -0.385 e. The number of aryl methyl sites for hydroxylation is 2. The maximum absolute atomic E-state index is 3.51. The van der Waals surface area contributed by atoms with Gasteiger partial charge in [0.05, 0.1) is 0 Å². The van der Waals surface area contributed by atoms with Gasteiger partial charge in [-0.25, -0.2) is 0 Å². The highest BCUT2D eigenvalue weighted by molar-refractivity contribution is 9.09. The summed E-state index contributed by atoms with van der Waals surface area (Å²) in [4.78, 5) is 2.51. The van der Waals surface area contributed by atoms with Gasteiger partial charge in [-0.05, 0) is 61.8 Å². The van der Waals surface area contributed by atoms with Gasteiger partial charge in [0.25, 0.3) is 0 Å². The van der Waals surface area contributed by atoms with Crippen LogP contribution in [0.15, 0.2) is 48.5 Å². The summed E-state index contributed by atoms with van der Waals surface area (Å²) in [5.41, 5.74) is 5.59. The Balaban J connectivity index is -0.0000000878. The molecule has 0 radical (unpaired) electrons. The molecule has 2 aromatic rings. The van der Waals surface area contributed by atoms with E-state index in [0.717, 1.165) is 48.5 Å². The molecule has 0 bridgehead atoms. The SMILES string of the molecule is BrCCCBr.CC.CC.CC.CC.CC.CC.CCCN(CCCBr)c1ccccc1CC.CCCNc1ccccc1CC. The van der Waals surface area contributed by atoms with Crippen molar-refractivity contribution >= 4 is 59.2 Å². The number of alkyl halides is 3. The molecule has 0 unspecified atom stereocenters. The number of benzene rings is 2. The monoisotopic (exact) mass is 826 g/mol. The maximum atomic E-state index is 3.51. The molecule has 0 heterocycles. The van der Waals surface area contributed by atoms with Gasteiger partial charge in [-0.3, -0.25) is 0 Å². The van der Waals surface area contributed by atoms with Crippen LogP contribution >= 0.6 is 47.8 Å². The molecule has 0 aromatic heterocycles. The molecule has 1 N–H and O–H groups in total. The van der Waals surface area contributed by atoms with Crippen molar-refractivity contribution in [1.82, 2.24) is 0 Å². The quantitative estimate of drug-likeness (QED) is 0.202. The van der Waals surface area contributed by atoms with E-state index in [4.69, 9.17) is 0 Å². The van der Waals surface area contributed by atoms with Crippen molar-refractivity contribution in [2.45, 2.75) is 149 Å². The van der Waals surface area contributed by atoms with Crippen molar-refractivity contribution in [1.29, 1.82) is 0 Å². The summed E-state index contributed by atoms with van der Waals surface area (Å²) < 4.78 is 0. The zero-order valence-electron chi connectivity index (χ0n) is 33.2. The van der Waals surface area contributed by atoms with Crippen molar-refractivity contribution in [3.63, 3.8) is 0 Å². The predicted octanol–water partition coefficient (Wildman–Crippen LogP) is 15.6. The van der Waals surface area contributed by atoms with Crippen LogP contribution in [-0.4, -0.2) is 35.6 Å². The molecule has 0 saturated heterocycles. The van der Waals surface area contributed by atoms with Crippen molar-refractivity contribution in [2.24, 2.45) is 0 Å². The van der Waals surface area contributed by atoms with Crippen LogP contribution in [0, 0.1) is 0 Å². The summed E-state index contributed by atoms with van der Waals surface area (Å²) in [5.74, 6) is 0. The topological polar surface area (TPSA) is 15.3 Å². The van der Waals surface area contributed by atoms with Crippen LogP contribution in [0.25, 0.3) is 0 Å². The number of hydrogen-bond acceptors (Lipinski definition) is 2. The molecule has 2 nitrogen and oxygen atoms in total. The summed E-state index contributed by atoms with van der Waals surface area (Å²) in [5, 5.41) is 6.72. The number of nitrogens with one attached hydrogen (secondary N) is 1. The molecular weight excluding hydrogens is 748 g/mol. The first-order valence-corrected chi connectivity index (χ1v) is 21.8. The molecule has 272 valence electrons. The molecular formula is C40H81Br3N2. The van der Waals surface area contributed by atoms with Crippen molar-refractivity contribution in [3.8, 4) is 0 Å². The Morgan fingerprint density at radius 1 is 0.511 bits per heavy atom. The van der Waals surface area contributed by atoms with E-state index in [1.165, 1.54) is 48.2 Å². The van der Waals surface area contributed by atoms with Crippen LogP contribution in [0.2, 0.25) is 0 Å². The molecule has 0 aliphatic heterocycles. The Morgan fingerprint density at radius 2 is 0.933 bits per heavy atom. The van der Waals surface area contributed by atoms with Crippen LogP contribution in [-0.2, 0) is 12.8 Å². The zero-order valence-corrected chi connectivity index (χ0v) is 37.9. The normalized spacial score (nSPS) is 8.07. The Kier molecular flexibility index (Phi) is 82.9. The van der Waals surface area contributed by atoms with Gasteiger partial charge in [0.1, 0.15) is 0 Å². The molecule has 2 rings (SSSR count). The fourth-order valence-electron chi connectivity index (χ4n) is 3.30. The first-order chi connectivity index (χ1) is 22.1. The molecule has 0 aliphatic carbocycles. The number of rotatable bonds is 13. The smallest absolute Gasteiger partial charge is 0.0398 e. The largest absolute Gasteiger partial charge is 0.385 e. The first-order valence-electron chi connectivity index (χ1n) is 18.5. The van der Waals surface area contributed by atoms with Gasteiger partial charge in [-0.15, -0.1) is 0 Å². The summed E-state index contributed by atoms with van der Waals surface area (Å²) in [7, 11) is 0. The number of hydrogen-bond donors (Lipinski definition) is 1. The van der Waals surface area contributed by atoms with Gasteiger partial charge in [0, 0.05) is 47.0 Å². The van der Waals surface area contributed by atoms with Crippen LogP contribution in [0.4, 0.5) is 11.4 Å². The molecule has 0 atom stereocenters. The molecule has 0 saturated carbocycles. The summed E-state index contributed by atoms with van der Waals surface area (Å²) in [6.07, 6.45) is 7.04. The second-order valence-corrected chi connectivity index (χ2v) is 10.1. The van der Waals surface area contributed by atoms with Gasteiger partial charge < -0.3 is 10.2 Å². The molecule has 0 amide bonds. The lowest BCUT2D eigenvalue weighted by atomic mass is 10.1. The Labute approximate surface area is 312 Å². The number of halogens is 3. The van der Waals surface area contributed by atoms with E-state index >= 15 is 0 Å².